The summed E-state index contributed by atoms with van der Waals surface area (Å²) in [5.74, 6) is -0.687. The highest BCUT2D eigenvalue weighted by Gasteiger charge is 2.09. The molecule has 100 valence electrons. The summed E-state index contributed by atoms with van der Waals surface area (Å²) in [4.78, 5) is 0. The molecule has 0 saturated carbocycles. The van der Waals surface area contributed by atoms with E-state index in [1.165, 1.54) is 0 Å². The van der Waals surface area contributed by atoms with Crippen molar-refractivity contribution in [3.05, 3.63) is 59.1 Å². The lowest BCUT2D eigenvalue weighted by molar-refractivity contribution is 0.332. The van der Waals surface area contributed by atoms with Crippen LogP contribution in [0.3, 0.4) is 0 Å². The molecule has 0 atom stereocenters. The quantitative estimate of drug-likeness (QED) is 0.834. The Bertz CT molecular complexity index is 525. The fraction of sp³-hybridized carbons (Fsp3) is 0.143. The standard InChI is InChI=1S/C14H12ClF2NO/c15-12-8-10(16)9-13(17)14(12)18-6-7-19-11-4-2-1-3-5-11/h1-5,8-9,18H,6-7H2. The fourth-order valence-electron chi connectivity index (χ4n) is 1.57. The molecular weight excluding hydrogens is 272 g/mol. The van der Waals surface area contributed by atoms with E-state index in [0.29, 0.717) is 13.2 Å². The van der Waals surface area contributed by atoms with Crippen LogP contribution in [0, 0.1) is 11.6 Å². The summed E-state index contributed by atoms with van der Waals surface area (Å²) in [6.07, 6.45) is 0. The number of rotatable bonds is 5. The second-order valence-electron chi connectivity index (χ2n) is 3.83. The number of hydrogen-bond donors (Lipinski definition) is 1. The van der Waals surface area contributed by atoms with Gasteiger partial charge in [0.2, 0.25) is 0 Å². The third-order valence-electron chi connectivity index (χ3n) is 2.42. The number of anilines is 1. The molecule has 0 saturated heterocycles. The topological polar surface area (TPSA) is 21.3 Å². The van der Waals surface area contributed by atoms with Crippen molar-refractivity contribution < 1.29 is 13.5 Å². The minimum Gasteiger partial charge on any atom is -0.492 e. The minimum absolute atomic E-state index is 0.0113. The summed E-state index contributed by atoms with van der Waals surface area (Å²) >= 11 is 5.75. The van der Waals surface area contributed by atoms with Crippen LogP contribution in [0.15, 0.2) is 42.5 Å². The molecule has 2 nitrogen and oxygen atoms in total. The molecule has 0 aromatic heterocycles. The van der Waals surface area contributed by atoms with E-state index in [2.05, 4.69) is 5.32 Å². The zero-order chi connectivity index (χ0) is 13.7. The lowest BCUT2D eigenvalue weighted by Gasteiger charge is -2.10. The molecule has 2 rings (SSSR count). The SMILES string of the molecule is Fc1cc(F)c(NCCOc2ccccc2)c(Cl)c1. The van der Waals surface area contributed by atoms with Gasteiger partial charge < -0.3 is 10.1 Å². The largest absolute Gasteiger partial charge is 0.492 e. The van der Waals surface area contributed by atoms with Gasteiger partial charge in [0.25, 0.3) is 0 Å². The molecule has 0 bridgehead atoms. The van der Waals surface area contributed by atoms with Gasteiger partial charge in [-0.05, 0) is 18.2 Å². The van der Waals surface area contributed by atoms with Crippen molar-refractivity contribution in [1.29, 1.82) is 0 Å². The van der Waals surface area contributed by atoms with Gasteiger partial charge in [-0.25, -0.2) is 8.78 Å². The Balaban J connectivity index is 1.86. The number of para-hydroxylation sites is 1. The van der Waals surface area contributed by atoms with Crippen LogP contribution in [0.4, 0.5) is 14.5 Å². The molecule has 0 aliphatic carbocycles. The van der Waals surface area contributed by atoms with Crippen molar-refractivity contribution in [3.63, 3.8) is 0 Å². The molecule has 19 heavy (non-hydrogen) atoms. The van der Waals surface area contributed by atoms with E-state index in [-0.39, 0.29) is 10.7 Å². The van der Waals surface area contributed by atoms with Gasteiger partial charge >= 0.3 is 0 Å². The van der Waals surface area contributed by atoms with Gasteiger partial charge in [0, 0.05) is 12.6 Å². The highest BCUT2D eigenvalue weighted by Crippen LogP contribution is 2.26. The predicted octanol–water partition coefficient (Wildman–Crippen LogP) is 4.11. The Kier molecular flexibility index (Phi) is 4.58. The van der Waals surface area contributed by atoms with E-state index in [1.807, 2.05) is 30.3 Å². The van der Waals surface area contributed by atoms with Crippen LogP contribution in [0.1, 0.15) is 0 Å². The average molecular weight is 284 g/mol. The second-order valence-corrected chi connectivity index (χ2v) is 4.24. The molecule has 0 unspecified atom stereocenters. The minimum atomic E-state index is -0.718. The first-order chi connectivity index (χ1) is 9.16. The smallest absolute Gasteiger partial charge is 0.150 e. The first kappa shape index (κ1) is 13.6. The lowest BCUT2D eigenvalue weighted by Crippen LogP contribution is -2.12. The normalized spacial score (nSPS) is 10.3. The van der Waals surface area contributed by atoms with Gasteiger partial charge in [-0.3, -0.25) is 0 Å². The number of hydrogen-bond acceptors (Lipinski definition) is 2. The predicted molar refractivity (Wildman–Crippen MR) is 71.8 cm³/mol. The van der Waals surface area contributed by atoms with E-state index < -0.39 is 11.6 Å². The molecule has 2 aromatic rings. The average Bonchev–Trinajstić information content (AvgIpc) is 2.38. The van der Waals surface area contributed by atoms with Crippen LogP contribution in [0.5, 0.6) is 5.75 Å². The third kappa shape index (κ3) is 3.83. The van der Waals surface area contributed by atoms with E-state index in [4.69, 9.17) is 16.3 Å². The first-order valence-electron chi connectivity index (χ1n) is 5.73. The molecule has 1 N–H and O–H groups in total. The summed E-state index contributed by atoms with van der Waals surface area (Å²) in [6.45, 7) is 0.703. The van der Waals surface area contributed by atoms with Crippen LogP contribution in [-0.2, 0) is 0 Å². The molecule has 0 aliphatic rings. The van der Waals surface area contributed by atoms with Crippen LogP contribution >= 0.6 is 11.6 Å². The van der Waals surface area contributed by atoms with E-state index in [9.17, 15) is 8.78 Å². The molecule has 0 fully saturated rings. The van der Waals surface area contributed by atoms with Crippen molar-refractivity contribution in [2.75, 3.05) is 18.5 Å². The van der Waals surface area contributed by atoms with Gasteiger partial charge in [-0.1, -0.05) is 29.8 Å². The maximum atomic E-state index is 13.4. The maximum Gasteiger partial charge on any atom is 0.150 e. The molecular formula is C14H12ClF2NO. The number of nitrogens with one attached hydrogen (secondary N) is 1. The van der Waals surface area contributed by atoms with Gasteiger partial charge in [0.05, 0.1) is 10.7 Å². The highest BCUT2D eigenvalue weighted by atomic mass is 35.5. The van der Waals surface area contributed by atoms with Crippen molar-refractivity contribution in [3.8, 4) is 5.75 Å². The maximum absolute atomic E-state index is 13.4. The number of benzene rings is 2. The second kappa shape index (κ2) is 6.38. The Morgan fingerprint density at radius 3 is 2.53 bits per heavy atom. The molecule has 0 amide bonds. The fourth-order valence-corrected chi connectivity index (χ4v) is 1.83. The first-order valence-corrected chi connectivity index (χ1v) is 6.11. The lowest BCUT2D eigenvalue weighted by atomic mass is 10.3. The van der Waals surface area contributed by atoms with Crippen LogP contribution < -0.4 is 10.1 Å². The highest BCUT2D eigenvalue weighted by molar-refractivity contribution is 6.33. The van der Waals surface area contributed by atoms with Crippen molar-refractivity contribution in [2.45, 2.75) is 0 Å². The van der Waals surface area contributed by atoms with Crippen molar-refractivity contribution >= 4 is 17.3 Å². The molecule has 0 spiro atoms. The molecule has 5 heteroatoms. The Morgan fingerprint density at radius 2 is 1.84 bits per heavy atom. The zero-order valence-electron chi connectivity index (χ0n) is 10.00. The zero-order valence-corrected chi connectivity index (χ0v) is 10.8. The molecule has 0 radical (unpaired) electrons. The Hall–Kier alpha value is -1.81. The number of halogens is 3. The van der Waals surface area contributed by atoms with Crippen molar-refractivity contribution in [2.24, 2.45) is 0 Å². The monoisotopic (exact) mass is 283 g/mol. The van der Waals surface area contributed by atoms with Crippen LogP contribution in [-0.4, -0.2) is 13.2 Å². The molecule has 0 aliphatic heterocycles. The number of ether oxygens (including phenoxy) is 1. The van der Waals surface area contributed by atoms with Gasteiger partial charge in [0.15, 0.2) is 5.82 Å². The van der Waals surface area contributed by atoms with E-state index in [1.54, 1.807) is 0 Å². The van der Waals surface area contributed by atoms with Crippen LogP contribution in [0.25, 0.3) is 0 Å². The van der Waals surface area contributed by atoms with Gasteiger partial charge in [0.1, 0.15) is 18.2 Å². The molecule has 2 aromatic carbocycles. The van der Waals surface area contributed by atoms with Gasteiger partial charge in [-0.15, -0.1) is 0 Å². The summed E-state index contributed by atoms with van der Waals surface area (Å²) in [5.41, 5.74) is 0.0831. The van der Waals surface area contributed by atoms with Crippen LogP contribution in [0.2, 0.25) is 5.02 Å². The summed E-state index contributed by atoms with van der Waals surface area (Å²) < 4.78 is 31.7. The van der Waals surface area contributed by atoms with Gasteiger partial charge in [-0.2, -0.15) is 0 Å². The summed E-state index contributed by atoms with van der Waals surface area (Å²) in [6, 6.07) is 11.1. The van der Waals surface area contributed by atoms with E-state index in [0.717, 1.165) is 17.9 Å². The molecule has 0 heterocycles. The Morgan fingerprint density at radius 1 is 1.11 bits per heavy atom. The Labute approximate surface area is 115 Å². The summed E-state index contributed by atoms with van der Waals surface area (Å²) in [5, 5.41) is 2.79. The third-order valence-corrected chi connectivity index (χ3v) is 2.72. The van der Waals surface area contributed by atoms with E-state index >= 15 is 0 Å². The summed E-state index contributed by atoms with van der Waals surface area (Å²) in [7, 11) is 0. The van der Waals surface area contributed by atoms with Crippen molar-refractivity contribution in [1.82, 2.24) is 0 Å².